The van der Waals surface area contributed by atoms with Gasteiger partial charge in [-0.25, -0.2) is 4.98 Å². The number of nitrogen functional groups attached to an aromatic ring is 1. The van der Waals surface area contributed by atoms with Crippen LogP contribution in [0.5, 0.6) is 0 Å². The van der Waals surface area contributed by atoms with Gasteiger partial charge in [-0.05, 0) is 30.3 Å². The van der Waals surface area contributed by atoms with E-state index in [1.165, 1.54) is 0 Å². The maximum absolute atomic E-state index is 9.11. The highest BCUT2D eigenvalue weighted by Gasteiger charge is 2.08. The number of rotatable bonds is 2. The third-order valence-corrected chi connectivity index (χ3v) is 2.91. The molecular weight excluding hydrogens is 259 g/mol. The number of pyridine rings is 1. The van der Waals surface area contributed by atoms with Crippen molar-refractivity contribution in [1.29, 1.82) is 0 Å². The van der Waals surface area contributed by atoms with Gasteiger partial charge in [0.2, 0.25) is 0 Å². The van der Waals surface area contributed by atoms with Gasteiger partial charge in [0.25, 0.3) is 0 Å². The van der Waals surface area contributed by atoms with E-state index in [2.05, 4.69) is 4.98 Å². The van der Waals surface area contributed by atoms with Crippen molar-refractivity contribution in [1.82, 2.24) is 4.98 Å². The van der Waals surface area contributed by atoms with Gasteiger partial charge in [-0.3, -0.25) is 0 Å². The van der Waals surface area contributed by atoms with E-state index in [0.717, 1.165) is 5.56 Å². The first kappa shape index (κ1) is 12.2. The van der Waals surface area contributed by atoms with Gasteiger partial charge in [-0.15, -0.1) is 0 Å². The second-order valence-electron chi connectivity index (χ2n) is 3.51. The Kier molecular flexibility index (Phi) is 3.52. The summed E-state index contributed by atoms with van der Waals surface area (Å²) < 4.78 is 0. The summed E-state index contributed by atoms with van der Waals surface area (Å²) in [5.74, 6) is 0. The van der Waals surface area contributed by atoms with Crippen LogP contribution in [0, 0.1) is 0 Å². The molecule has 0 amide bonds. The molecule has 0 fully saturated rings. The lowest BCUT2D eigenvalue weighted by Crippen LogP contribution is -1.99. The second kappa shape index (κ2) is 4.92. The highest BCUT2D eigenvalue weighted by atomic mass is 35.5. The summed E-state index contributed by atoms with van der Waals surface area (Å²) >= 11 is 11.9. The van der Waals surface area contributed by atoms with Crippen LogP contribution in [0.2, 0.25) is 10.0 Å². The highest BCUT2D eigenvalue weighted by Crippen LogP contribution is 2.29. The third-order valence-electron chi connectivity index (χ3n) is 2.37. The van der Waals surface area contributed by atoms with E-state index in [1.807, 2.05) is 0 Å². The Labute approximate surface area is 109 Å². The van der Waals surface area contributed by atoms with E-state index >= 15 is 0 Å². The molecule has 0 unspecified atom stereocenters. The van der Waals surface area contributed by atoms with Crippen LogP contribution in [-0.2, 0) is 6.61 Å². The molecule has 5 heteroatoms. The molecule has 0 aliphatic carbocycles. The molecule has 0 saturated heterocycles. The zero-order valence-electron chi connectivity index (χ0n) is 8.82. The number of benzene rings is 1. The Morgan fingerprint density at radius 3 is 2.59 bits per heavy atom. The average molecular weight is 269 g/mol. The Morgan fingerprint density at radius 2 is 1.94 bits per heavy atom. The van der Waals surface area contributed by atoms with E-state index < -0.39 is 0 Å². The van der Waals surface area contributed by atoms with Crippen molar-refractivity contribution < 1.29 is 5.11 Å². The molecule has 0 aliphatic rings. The summed E-state index contributed by atoms with van der Waals surface area (Å²) in [6.07, 6.45) is 0. The molecule has 0 aliphatic heterocycles. The van der Waals surface area contributed by atoms with Crippen LogP contribution >= 0.6 is 23.2 Å². The topological polar surface area (TPSA) is 59.1 Å². The third kappa shape index (κ3) is 2.52. The molecule has 17 heavy (non-hydrogen) atoms. The van der Waals surface area contributed by atoms with Gasteiger partial charge >= 0.3 is 0 Å². The van der Waals surface area contributed by atoms with Crippen molar-refractivity contribution in [2.24, 2.45) is 0 Å². The van der Waals surface area contributed by atoms with Crippen molar-refractivity contribution >= 4 is 28.9 Å². The zero-order valence-corrected chi connectivity index (χ0v) is 10.3. The molecule has 1 heterocycles. The minimum atomic E-state index is -0.203. The Bertz CT molecular complexity index is 558. The number of nitrogens with zero attached hydrogens (tertiary/aromatic N) is 1. The van der Waals surface area contributed by atoms with Gasteiger partial charge < -0.3 is 10.8 Å². The lowest BCUT2D eigenvalue weighted by molar-refractivity contribution is 0.278. The van der Waals surface area contributed by atoms with E-state index in [4.69, 9.17) is 34.0 Å². The van der Waals surface area contributed by atoms with E-state index in [1.54, 1.807) is 30.3 Å². The number of hydrogen-bond acceptors (Lipinski definition) is 3. The molecule has 3 N–H and O–H groups in total. The van der Waals surface area contributed by atoms with Crippen LogP contribution in [0.3, 0.4) is 0 Å². The quantitative estimate of drug-likeness (QED) is 0.880. The molecule has 0 radical (unpaired) electrons. The lowest BCUT2D eigenvalue weighted by Gasteiger charge is -2.07. The van der Waals surface area contributed by atoms with Crippen molar-refractivity contribution in [3.63, 3.8) is 0 Å². The molecule has 0 spiro atoms. The molecule has 0 saturated carbocycles. The predicted molar refractivity (Wildman–Crippen MR) is 70.0 cm³/mol. The number of aliphatic hydroxyl groups excluding tert-OH is 1. The Balaban J connectivity index is 2.53. The van der Waals surface area contributed by atoms with Crippen LogP contribution in [0.25, 0.3) is 11.3 Å². The number of aromatic nitrogens is 1. The van der Waals surface area contributed by atoms with E-state index in [-0.39, 0.29) is 6.61 Å². The fraction of sp³-hybridized carbons (Fsp3) is 0.0833. The van der Waals surface area contributed by atoms with Crippen molar-refractivity contribution in [3.05, 3.63) is 46.1 Å². The summed E-state index contributed by atoms with van der Waals surface area (Å²) in [7, 11) is 0. The zero-order chi connectivity index (χ0) is 12.4. The molecule has 0 bridgehead atoms. The van der Waals surface area contributed by atoms with Crippen LogP contribution in [0.1, 0.15) is 5.69 Å². The maximum atomic E-state index is 9.11. The van der Waals surface area contributed by atoms with Crippen LogP contribution in [-0.4, -0.2) is 10.1 Å². The van der Waals surface area contributed by atoms with Crippen molar-refractivity contribution in [2.75, 3.05) is 5.73 Å². The molecule has 2 rings (SSSR count). The van der Waals surface area contributed by atoms with Crippen LogP contribution in [0.4, 0.5) is 5.69 Å². The lowest BCUT2D eigenvalue weighted by atomic mass is 10.1. The fourth-order valence-corrected chi connectivity index (χ4v) is 1.99. The first-order valence-electron chi connectivity index (χ1n) is 4.93. The molecule has 3 nitrogen and oxygen atoms in total. The van der Waals surface area contributed by atoms with Gasteiger partial charge in [0.1, 0.15) is 0 Å². The molecule has 0 atom stereocenters. The number of hydrogen-bond donors (Lipinski definition) is 2. The molecule has 88 valence electrons. The first-order chi connectivity index (χ1) is 8.11. The number of halogens is 2. The van der Waals surface area contributed by atoms with E-state index in [9.17, 15) is 0 Å². The van der Waals surface area contributed by atoms with Gasteiger partial charge in [0.15, 0.2) is 0 Å². The first-order valence-corrected chi connectivity index (χ1v) is 5.69. The van der Waals surface area contributed by atoms with Gasteiger partial charge in [0.05, 0.1) is 28.7 Å². The smallest absolute Gasteiger partial charge is 0.0894 e. The highest BCUT2D eigenvalue weighted by molar-refractivity contribution is 6.36. The van der Waals surface area contributed by atoms with Crippen LogP contribution < -0.4 is 5.73 Å². The fourth-order valence-electron chi connectivity index (χ4n) is 1.49. The molecule has 1 aromatic heterocycles. The summed E-state index contributed by atoms with van der Waals surface area (Å²) in [4.78, 5) is 4.25. The standard InChI is InChI=1S/C12H10Cl2N2O/c13-7-1-2-8(9(14)5-7)11-4-3-10(15)12(6-17)16-11/h1-5,17H,6,15H2. The van der Waals surface area contributed by atoms with Crippen LogP contribution in [0.15, 0.2) is 30.3 Å². The molecule has 1 aromatic carbocycles. The summed E-state index contributed by atoms with van der Waals surface area (Å²) in [5, 5.41) is 10.2. The average Bonchev–Trinajstić information content (AvgIpc) is 2.30. The van der Waals surface area contributed by atoms with Gasteiger partial charge in [-0.2, -0.15) is 0 Å². The largest absolute Gasteiger partial charge is 0.397 e. The minimum Gasteiger partial charge on any atom is -0.397 e. The Hall–Kier alpha value is -1.29. The number of anilines is 1. The van der Waals surface area contributed by atoms with Gasteiger partial charge in [0, 0.05) is 10.6 Å². The molecular formula is C12H10Cl2N2O. The molecule has 2 aromatic rings. The normalized spacial score (nSPS) is 10.5. The number of nitrogens with two attached hydrogens (primary N) is 1. The number of aliphatic hydroxyl groups is 1. The monoisotopic (exact) mass is 268 g/mol. The Morgan fingerprint density at radius 1 is 1.18 bits per heavy atom. The SMILES string of the molecule is Nc1ccc(-c2ccc(Cl)cc2Cl)nc1CO. The second-order valence-corrected chi connectivity index (χ2v) is 4.36. The van der Waals surface area contributed by atoms with Crippen molar-refractivity contribution in [2.45, 2.75) is 6.61 Å². The van der Waals surface area contributed by atoms with Gasteiger partial charge in [-0.1, -0.05) is 23.2 Å². The summed E-state index contributed by atoms with van der Waals surface area (Å²) in [5.41, 5.74) is 7.97. The summed E-state index contributed by atoms with van der Waals surface area (Å²) in [6, 6.07) is 8.61. The maximum Gasteiger partial charge on any atom is 0.0894 e. The van der Waals surface area contributed by atoms with E-state index in [0.29, 0.717) is 27.1 Å². The van der Waals surface area contributed by atoms with Crippen molar-refractivity contribution in [3.8, 4) is 11.3 Å². The summed E-state index contributed by atoms with van der Waals surface area (Å²) in [6.45, 7) is -0.203. The minimum absolute atomic E-state index is 0.203. The predicted octanol–water partition coefficient (Wildman–Crippen LogP) is 3.13.